The zero-order chi connectivity index (χ0) is 16.8. The van der Waals surface area contributed by atoms with Gasteiger partial charge < -0.3 is 10.1 Å². The van der Waals surface area contributed by atoms with E-state index in [1.807, 2.05) is 43.3 Å². The molecule has 0 fully saturated rings. The summed E-state index contributed by atoms with van der Waals surface area (Å²) < 4.78 is 6.05. The van der Waals surface area contributed by atoms with Crippen molar-refractivity contribution in [3.05, 3.63) is 63.6 Å². The first-order valence-electron chi connectivity index (χ1n) is 7.46. The second-order valence-corrected chi connectivity index (χ2v) is 6.03. The number of ether oxygens (including phenoxy) is 1. The Hall–Kier alpha value is -2.07. The lowest BCUT2D eigenvalue weighted by molar-refractivity contribution is -0.111. The van der Waals surface area contributed by atoms with Gasteiger partial charge in [-0.05, 0) is 64.2 Å². The standard InChI is InChI=1S/C19H20BrNO2/c1-4-15-7-5-6-13(2)19(15)21-18(22)11-9-14-8-10-17(23-3)16(20)12-14/h5-12H,4H2,1-3H3,(H,21,22). The number of aryl methyl sites for hydroxylation is 2. The molecule has 0 aliphatic carbocycles. The van der Waals surface area contributed by atoms with Crippen LogP contribution in [0.2, 0.25) is 0 Å². The third-order valence-electron chi connectivity index (χ3n) is 3.59. The minimum atomic E-state index is -0.138. The summed E-state index contributed by atoms with van der Waals surface area (Å²) in [6.07, 6.45) is 4.20. The highest BCUT2D eigenvalue weighted by Crippen LogP contribution is 2.26. The maximum Gasteiger partial charge on any atom is 0.248 e. The molecule has 120 valence electrons. The van der Waals surface area contributed by atoms with Gasteiger partial charge in [0.05, 0.1) is 11.6 Å². The fraction of sp³-hybridized carbons (Fsp3) is 0.211. The predicted octanol–water partition coefficient (Wildman–Crippen LogP) is 4.98. The van der Waals surface area contributed by atoms with E-state index in [4.69, 9.17) is 4.74 Å². The molecule has 0 aliphatic rings. The molecular weight excluding hydrogens is 354 g/mol. The average molecular weight is 374 g/mol. The van der Waals surface area contributed by atoms with Crippen LogP contribution < -0.4 is 10.1 Å². The number of nitrogens with one attached hydrogen (secondary N) is 1. The van der Waals surface area contributed by atoms with E-state index in [0.717, 1.165) is 39.0 Å². The minimum Gasteiger partial charge on any atom is -0.496 e. The zero-order valence-corrected chi connectivity index (χ0v) is 15.1. The second kappa shape index (κ2) is 7.97. The van der Waals surface area contributed by atoms with Crippen molar-refractivity contribution in [1.82, 2.24) is 0 Å². The number of benzene rings is 2. The number of methoxy groups -OCH3 is 1. The van der Waals surface area contributed by atoms with Crippen LogP contribution in [0.3, 0.4) is 0 Å². The molecule has 0 bridgehead atoms. The van der Waals surface area contributed by atoms with Crippen LogP contribution in [0, 0.1) is 6.92 Å². The van der Waals surface area contributed by atoms with Crippen molar-refractivity contribution in [2.24, 2.45) is 0 Å². The smallest absolute Gasteiger partial charge is 0.248 e. The fourth-order valence-electron chi connectivity index (χ4n) is 2.33. The van der Waals surface area contributed by atoms with Gasteiger partial charge in [-0.3, -0.25) is 4.79 Å². The number of halogens is 1. The van der Waals surface area contributed by atoms with E-state index in [1.54, 1.807) is 19.3 Å². The van der Waals surface area contributed by atoms with Gasteiger partial charge >= 0.3 is 0 Å². The third kappa shape index (κ3) is 4.45. The molecule has 1 amide bonds. The van der Waals surface area contributed by atoms with Gasteiger partial charge in [-0.2, -0.15) is 0 Å². The average Bonchev–Trinajstić information content (AvgIpc) is 2.55. The number of carbonyl (C=O) groups is 1. The van der Waals surface area contributed by atoms with Crippen molar-refractivity contribution in [2.75, 3.05) is 12.4 Å². The first-order valence-corrected chi connectivity index (χ1v) is 8.25. The summed E-state index contributed by atoms with van der Waals surface area (Å²) in [5.74, 6) is 0.625. The topological polar surface area (TPSA) is 38.3 Å². The van der Waals surface area contributed by atoms with Gasteiger partial charge in [0.2, 0.25) is 5.91 Å². The molecule has 0 saturated heterocycles. The van der Waals surface area contributed by atoms with Crippen molar-refractivity contribution in [1.29, 1.82) is 0 Å². The van der Waals surface area contributed by atoms with Crippen molar-refractivity contribution in [2.45, 2.75) is 20.3 Å². The highest BCUT2D eigenvalue weighted by Gasteiger charge is 2.06. The molecule has 0 aliphatic heterocycles. The van der Waals surface area contributed by atoms with Crippen LogP contribution in [-0.2, 0) is 11.2 Å². The molecule has 4 heteroatoms. The molecule has 2 aromatic rings. The largest absolute Gasteiger partial charge is 0.496 e. The van der Waals surface area contributed by atoms with Crippen LogP contribution in [0.1, 0.15) is 23.6 Å². The van der Waals surface area contributed by atoms with Crippen molar-refractivity contribution in [3.8, 4) is 5.75 Å². The molecule has 0 heterocycles. The number of anilines is 1. The predicted molar refractivity (Wildman–Crippen MR) is 98.9 cm³/mol. The molecule has 23 heavy (non-hydrogen) atoms. The fourth-order valence-corrected chi connectivity index (χ4v) is 2.88. The summed E-state index contributed by atoms with van der Waals surface area (Å²) in [7, 11) is 1.62. The Labute approximate surface area is 145 Å². The van der Waals surface area contributed by atoms with Gasteiger partial charge in [0.15, 0.2) is 0 Å². The van der Waals surface area contributed by atoms with E-state index in [0.29, 0.717) is 0 Å². The molecule has 0 unspecified atom stereocenters. The molecule has 0 saturated carbocycles. The summed E-state index contributed by atoms with van der Waals surface area (Å²) in [5, 5.41) is 2.97. The summed E-state index contributed by atoms with van der Waals surface area (Å²) in [5.41, 5.74) is 4.03. The Balaban J connectivity index is 2.12. The molecule has 0 spiro atoms. The molecule has 2 aromatic carbocycles. The van der Waals surface area contributed by atoms with E-state index in [2.05, 4.69) is 28.2 Å². The first kappa shape index (κ1) is 17.3. The Bertz CT molecular complexity index is 738. The lowest BCUT2D eigenvalue weighted by atomic mass is 10.1. The summed E-state index contributed by atoms with van der Waals surface area (Å²) >= 11 is 3.44. The van der Waals surface area contributed by atoms with E-state index in [-0.39, 0.29) is 5.91 Å². The molecule has 0 radical (unpaired) electrons. The normalized spacial score (nSPS) is 10.8. The SMILES string of the molecule is CCc1cccc(C)c1NC(=O)C=Cc1ccc(OC)c(Br)c1. The monoisotopic (exact) mass is 373 g/mol. The number of rotatable bonds is 5. The number of hydrogen-bond acceptors (Lipinski definition) is 2. The number of hydrogen-bond donors (Lipinski definition) is 1. The quantitative estimate of drug-likeness (QED) is 0.750. The van der Waals surface area contributed by atoms with Crippen LogP contribution in [0.15, 0.2) is 46.9 Å². The van der Waals surface area contributed by atoms with Crippen LogP contribution in [0.4, 0.5) is 5.69 Å². The maximum atomic E-state index is 12.2. The maximum absolute atomic E-state index is 12.2. The lowest BCUT2D eigenvalue weighted by Gasteiger charge is -2.11. The molecule has 1 N–H and O–H groups in total. The molecule has 2 rings (SSSR count). The van der Waals surface area contributed by atoms with Crippen LogP contribution in [0.25, 0.3) is 6.08 Å². The number of para-hydroxylation sites is 1. The minimum absolute atomic E-state index is 0.138. The van der Waals surface area contributed by atoms with Gasteiger partial charge in [-0.25, -0.2) is 0 Å². The van der Waals surface area contributed by atoms with Gasteiger partial charge in [0.25, 0.3) is 0 Å². The van der Waals surface area contributed by atoms with E-state index in [9.17, 15) is 4.79 Å². The van der Waals surface area contributed by atoms with Crippen molar-refractivity contribution >= 4 is 33.6 Å². The molecule has 0 aromatic heterocycles. The Kier molecular flexibility index (Phi) is 5.99. The summed E-state index contributed by atoms with van der Waals surface area (Å²) in [4.78, 5) is 12.2. The van der Waals surface area contributed by atoms with E-state index in [1.165, 1.54) is 0 Å². The number of carbonyl (C=O) groups excluding carboxylic acids is 1. The summed E-state index contributed by atoms with van der Waals surface area (Å²) in [6, 6.07) is 11.7. The Morgan fingerprint density at radius 3 is 2.74 bits per heavy atom. The molecule has 0 atom stereocenters. The van der Waals surface area contributed by atoms with Gasteiger partial charge in [-0.1, -0.05) is 31.2 Å². The second-order valence-electron chi connectivity index (χ2n) is 5.18. The molecular formula is C19H20BrNO2. The van der Waals surface area contributed by atoms with E-state index >= 15 is 0 Å². The van der Waals surface area contributed by atoms with Crippen molar-refractivity contribution in [3.63, 3.8) is 0 Å². The zero-order valence-electron chi connectivity index (χ0n) is 13.5. The lowest BCUT2D eigenvalue weighted by Crippen LogP contribution is -2.11. The summed E-state index contributed by atoms with van der Waals surface area (Å²) in [6.45, 7) is 4.08. The van der Waals surface area contributed by atoms with Crippen LogP contribution in [0.5, 0.6) is 5.75 Å². The molecule has 3 nitrogen and oxygen atoms in total. The highest BCUT2D eigenvalue weighted by molar-refractivity contribution is 9.10. The van der Waals surface area contributed by atoms with Crippen LogP contribution >= 0.6 is 15.9 Å². The highest BCUT2D eigenvalue weighted by atomic mass is 79.9. The van der Waals surface area contributed by atoms with Gasteiger partial charge in [0, 0.05) is 11.8 Å². The Morgan fingerprint density at radius 2 is 2.09 bits per heavy atom. The van der Waals surface area contributed by atoms with E-state index < -0.39 is 0 Å². The van der Waals surface area contributed by atoms with Gasteiger partial charge in [0.1, 0.15) is 5.75 Å². The van der Waals surface area contributed by atoms with Gasteiger partial charge in [-0.15, -0.1) is 0 Å². The first-order chi connectivity index (χ1) is 11.0. The van der Waals surface area contributed by atoms with Crippen molar-refractivity contribution < 1.29 is 9.53 Å². The Morgan fingerprint density at radius 1 is 1.30 bits per heavy atom. The third-order valence-corrected chi connectivity index (χ3v) is 4.21. The van der Waals surface area contributed by atoms with Crippen LogP contribution in [-0.4, -0.2) is 13.0 Å². The number of amides is 1.